The molecule has 0 saturated carbocycles. The summed E-state index contributed by atoms with van der Waals surface area (Å²) in [5.74, 6) is 0.279. The molecule has 1 amide bonds. The second-order valence-corrected chi connectivity index (χ2v) is 6.02. The highest BCUT2D eigenvalue weighted by atomic mass is 79.9. The van der Waals surface area contributed by atoms with Gasteiger partial charge in [-0.25, -0.2) is 0 Å². The van der Waals surface area contributed by atoms with Crippen molar-refractivity contribution in [2.45, 2.75) is 19.9 Å². The molecular formula is C12H14Br2ClNO. The molecule has 0 aliphatic carbocycles. The minimum Gasteiger partial charge on any atom is -0.348 e. The summed E-state index contributed by atoms with van der Waals surface area (Å²) in [6.07, 6.45) is 0. The van der Waals surface area contributed by atoms with Crippen LogP contribution in [0.15, 0.2) is 22.7 Å². The molecule has 0 aromatic heterocycles. The predicted octanol–water partition coefficient (Wildman–Crippen LogP) is 4.25. The van der Waals surface area contributed by atoms with Crippen LogP contribution in [-0.2, 0) is 0 Å². The van der Waals surface area contributed by atoms with Crippen molar-refractivity contribution in [2.24, 2.45) is 5.92 Å². The van der Waals surface area contributed by atoms with E-state index in [-0.39, 0.29) is 11.9 Å². The van der Waals surface area contributed by atoms with Gasteiger partial charge in [-0.2, -0.15) is 0 Å². The summed E-state index contributed by atoms with van der Waals surface area (Å²) in [5, 5.41) is 4.25. The van der Waals surface area contributed by atoms with Gasteiger partial charge in [0.05, 0.1) is 5.02 Å². The molecule has 0 saturated heterocycles. The number of carbonyl (C=O) groups excluding carboxylic acids is 1. The molecule has 1 atom stereocenters. The molecule has 2 nitrogen and oxygen atoms in total. The van der Waals surface area contributed by atoms with Crippen LogP contribution in [0.3, 0.4) is 0 Å². The van der Waals surface area contributed by atoms with E-state index in [9.17, 15) is 4.79 Å². The Kier molecular flexibility index (Phi) is 5.97. The van der Waals surface area contributed by atoms with Gasteiger partial charge in [0, 0.05) is 21.4 Å². The van der Waals surface area contributed by atoms with Gasteiger partial charge in [-0.3, -0.25) is 4.79 Å². The summed E-state index contributed by atoms with van der Waals surface area (Å²) in [4.78, 5) is 12.0. The van der Waals surface area contributed by atoms with Crippen LogP contribution in [0.2, 0.25) is 5.02 Å². The first-order valence-corrected chi connectivity index (χ1v) is 7.56. The quantitative estimate of drug-likeness (QED) is 0.774. The highest BCUT2D eigenvalue weighted by Crippen LogP contribution is 2.23. The van der Waals surface area contributed by atoms with Crippen LogP contribution in [0.5, 0.6) is 0 Å². The Morgan fingerprint density at radius 1 is 1.47 bits per heavy atom. The van der Waals surface area contributed by atoms with Gasteiger partial charge in [-0.15, -0.1) is 0 Å². The van der Waals surface area contributed by atoms with Gasteiger partial charge in [0.15, 0.2) is 0 Å². The molecule has 5 heteroatoms. The molecule has 1 rings (SSSR count). The molecule has 17 heavy (non-hydrogen) atoms. The number of alkyl halides is 1. The van der Waals surface area contributed by atoms with Gasteiger partial charge in [-0.05, 0) is 40.0 Å². The number of rotatable bonds is 4. The third kappa shape index (κ3) is 4.27. The monoisotopic (exact) mass is 381 g/mol. The van der Waals surface area contributed by atoms with Crippen LogP contribution in [0.1, 0.15) is 24.2 Å². The number of benzene rings is 1. The molecule has 0 bridgehead atoms. The van der Waals surface area contributed by atoms with E-state index in [1.54, 1.807) is 18.2 Å². The number of nitrogens with one attached hydrogen (secondary N) is 1. The van der Waals surface area contributed by atoms with E-state index in [0.29, 0.717) is 16.5 Å². The smallest absolute Gasteiger partial charge is 0.251 e. The maximum Gasteiger partial charge on any atom is 0.251 e. The highest BCUT2D eigenvalue weighted by Gasteiger charge is 2.16. The van der Waals surface area contributed by atoms with Crippen LogP contribution in [0.4, 0.5) is 0 Å². The maximum absolute atomic E-state index is 12.0. The molecule has 0 spiro atoms. The first-order chi connectivity index (χ1) is 7.95. The SMILES string of the molecule is CC(C)C(CBr)NC(=O)c1ccc(Br)c(Cl)c1. The van der Waals surface area contributed by atoms with Crippen LogP contribution in [0, 0.1) is 5.92 Å². The van der Waals surface area contributed by atoms with Gasteiger partial charge >= 0.3 is 0 Å². The number of hydrogen-bond acceptors (Lipinski definition) is 1. The molecule has 1 aromatic carbocycles. The van der Waals surface area contributed by atoms with E-state index in [1.807, 2.05) is 0 Å². The topological polar surface area (TPSA) is 29.1 Å². The highest BCUT2D eigenvalue weighted by molar-refractivity contribution is 9.10. The van der Waals surface area contributed by atoms with Crippen molar-refractivity contribution < 1.29 is 4.79 Å². The van der Waals surface area contributed by atoms with E-state index in [1.165, 1.54) is 0 Å². The van der Waals surface area contributed by atoms with E-state index >= 15 is 0 Å². The molecule has 0 heterocycles. The fourth-order valence-corrected chi connectivity index (χ4v) is 2.61. The number of carbonyl (C=O) groups is 1. The van der Waals surface area contributed by atoms with Crippen molar-refractivity contribution in [1.29, 1.82) is 0 Å². The van der Waals surface area contributed by atoms with Gasteiger partial charge in [0.25, 0.3) is 5.91 Å². The predicted molar refractivity (Wildman–Crippen MR) is 79.0 cm³/mol. The third-order valence-corrected chi connectivity index (χ3v) is 4.40. The molecule has 1 N–H and O–H groups in total. The molecule has 94 valence electrons. The Labute approximate surface area is 123 Å². The summed E-state index contributed by atoms with van der Waals surface area (Å²) < 4.78 is 0.789. The Bertz CT molecular complexity index is 409. The van der Waals surface area contributed by atoms with Crippen LogP contribution in [-0.4, -0.2) is 17.3 Å². The lowest BCUT2D eigenvalue weighted by Gasteiger charge is -2.20. The summed E-state index contributed by atoms with van der Waals surface area (Å²) in [6, 6.07) is 5.30. The maximum atomic E-state index is 12.0. The van der Waals surface area contributed by atoms with Crippen molar-refractivity contribution in [2.75, 3.05) is 5.33 Å². The fraction of sp³-hybridized carbons (Fsp3) is 0.417. The minimum atomic E-state index is -0.0995. The Morgan fingerprint density at radius 2 is 2.12 bits per heavy atom. The van der Waals surface area contributed by atoms with Crippen LogP contribution in [0.25, 0.3) is 0 Å². The summed E-state index contributed by atoms with van der Waals surface area (Å²) in [7, 11) is 0. The number of amides is 1. The van der Waals surface area contributed by atoms with Gasteiger partial charge < -0.3 is 5.32 Å². The van der Waals surface area contributed by atoms with E-state index in [0.717, 1.165) is 9.80 Å². The third-order valence-electron chi connectivity index (χ3n) is 2.47. The van der Waals surface area contributed by atoms with Crippen molar-refractivity contribution in [3.8, 4) is 0 Å². The lowest BCUT2D eigenvalue weighted by Crippen LogP contribution is -2.39. The van der Waals surface area contributed by atoms with Crippen molar-refractivity contribution in [3.05, 3.63) is 33.3 Å². The Hall–Kier alpha value is -0.0600. The zero-order chi connectivity index (χ0) is 13.0. The molecule has 0 aliphatic heterocycles. The number of hydrogen-bond donors (Lipinski definition) is 1. The van der Waals surface area contributed by atoms with Gasteiger partial charge in [0.2, 0.25) is 0 Å². The summed E-state index contributed by atoms with van der Waals surface area (Å²) in [5.41, 5.74) is 0.574. The second-order valence-electron chi connectivity index (χ2n) is 4.11. The molecular weight excluding hydrogens is 369 g/mol. The van der Waals surface area contributed by atoms with E-state index in [2.05, 4.69) is 51.0 Å². The summed E-state index contributed by atoms with van der Waals surface area (Å²) >= 11 is 12.6. The largest absolute Gasteiger partial charge is 0.348 e. The van der Waals surface area contributed by atoms with Crippen LogP contribution < -0.4 is 5.32 Å². The van der Waals surface area contributed by atoms with Gasteiger partial charge in [0.1, 0.15) is 0 Å². The standard InChI is InChI=1S/C12H14Br2ClNO/c1-7(2)11(6-13)16-12(17)8-3-4-9(14)10(15)5-8/h3-5,7,11H,6H2,1-2H3,(H,16,17). The average molecular weight is 384 g/mol. The molecule has 0 aliphatic rings. The van der Waals surface area contributed by atoms with Crippen molar-refractivity contribution in [1.82, 2.24) is 5.32 Å². The van der Waals surface area contributed by atoms with E-state index in [4.69, 9.17) is 11.6 Å². The lowest BCUT2D eigenvalue weighted by molar-refractivity contribution is 0.0932. The first kappa shape index (κ1) is 15.0. The average Bonchev–Trinajstić information content (AvgIpc) is 2.28. The lowest BCUT2D eigenvalue weighted by atomic mass is 10.1. The van der Waals surface area contributed by atoms with E-state index < -0.39 is 0 Å². The number of halogens is 3. The second kappa shape index (κ2) is 6.76. The molecule has 0 fully saturated rings. The van der Waals surface area contributed by atoms with Crippen molar-refractivity contribution >= 4 is 49.4 Å². The zero-order valence-corrected chi connectivity index (χ0v) is 13.6. The zero-order valence-electron chi connectivity index (χ0n) is 9.64. The van der Waals surface area contributed by atoms with Gasteiger partial charge in [-0.1, -0.05) is 41.4 Å². The normalized spacial score (nSPS) is 12.6. The Morgan fingerprint density at radius 3 is 2.59 bits per heavy atom. The first-order valence-electron chi connectivity index (χ1n) is 5.27. The van der Waals surface area contributed by atoms with Crippen LogP contribution >= 0.6 is 43.5 Å². The molecule has 1 aromatic rings. The minimum absolute atomic E-state index is 0.0995. The molecule has 0 radical (unpaired) electrons. The Balaban J connectivity index is 2.79. The fourth-order valence-electron chi connectivity index (χ4n) is 1.27. The molecule has 1 unspecified atom stereocenters. The summed E-state index contributed by atoms with van der Waals surface area (Å²) in [6.45, 7) is 4.14. The van der Waals surface area contributed by atoms with Crippen molar-refractivity contribution in [3.63, 3.8) is 0 Å².